The molecule has 0 unspecified atom stereocenters. The molecule has 0 aromatic heterocycles. The minimum atomic E-state index is -4.29. The van der Waals surface area contributed by atoms with E-state index in [1.807, 2.05) is 19.9 Å². The Kier molecular flexibility index (Phi) is 5.47. The summed E-state index contributed by atoms with van der Waals surface area (Å²) in [5.74, 6) is -0.556. The van der Waals surface area contributed by atoms with Crippen LogP contribution in [-0.2, 0) is 10.0 Å². The molecule has 2 aromatic carbocycles. The van der Waals surface area contributed by atoms with Crippen molar-refractivity contribution in [2.75, 3.05) is 17.8 Å². The van der Waals surface area contributed by atoms with Gasteiger partial charge in [-0.3, -0.25) is 14.3 Å². The number of anilines is 1. The van der Waals surface area contributed by atoms with Gasteiger partial charge in [0.25, 0.3) is 10.0 Å². The molecule has 0 atom stereocenters. The van der Waals surface area contributed by atoms with E-state index in [2.05, 4.69) is 11.6 Å². The highest BCUT2D eigenvalue weighted by Crippen LogP contribution is 2.34. The summed E-state index contributed by atoms with van der Waals surface area (Å²) in [6.07, 6.45) is 1.68. The molecule has 0 spiro atoms. The fourth-order valence-electron chi connectivity index (χ4n) is 4.17. The topological polar surface area (TPSA) is 83.6 Å². The van der Waals surface area contributed by atoms with Crippen LogP contribution in [0, 0.1) is 19.8 Å². The van der Waals surface area contributed by atoms with Gasteiger partial charge in [-0.1, -0.05) is 43.3 Å². The predicted molar refractivity (Wildman–Crippen MR) is 121 cm³/mol. The number of piperidine rings is 1. The monoisotopic (exact) mass is 438 g/mol. The Bertz CT molecular complexity index is 1210. The second-order valence-electron chi connectivity index (χ2n) is 8.40. The SMILES string of the molecule is Cc1cccc(NS(=O)(=O)C2=C(N3CCC(C)CC3)C(=O)c3ccccc3C2=O)c1C. The van der Waals surface area contributed by atoms with Crippen LogP contribution in [0.2, 0.25) is 0 Å². The maximum Gasteiger partial charge on any atom is 0.268 e. The average molecular weight is 439 g/mol. The highest BCUT2D eigenvalue weighted by Gasteiger charge is 2.42. The standard InChI is InChI=1S/C24H26N2O4S/c1-15-11-13-26(14-12-15)21-22(27)18-8-4-5-9-19(18)23(28)24(21)31(29,30)25-20-10-6-7-16(2)17(20)3/h4-10,15,25H,11-14H2,1-3H3. The Morgan fingerprint density at radius 3 is 2.16 bits per heavy atom. The molecule has 1 aliphatic carbocycles. The van der Waals surface area contributed by atoms with E-state index < -0.39 is 26.5 Å². The van der Waals surface area contributed by atoms with Gasteiger partial charge in [-0.25, -0.2) is 8.42 Å². The molecule has 1 fully saturated rings. The molecule has 0 radical (unpaired) electrons. The Balaban J connectivity index is 1.87. The number of nitrogens with zero attached hydrogens (tertiary/aromatic N) is 1. The molecular weight excluding hydrogens is 412 g/mol. The molecule has 1 aliphatic heterocycles. The third kappa shape index (κ3) is 3.78. The number of allylic oxidation sites excluding steroid dienone is 2. The molecule has 0 amide bonds. The Hall–Kier alpha value is -2.93. The number of carbonyl (C=O) groups is 2. The number of rotatable bonds is 4. The first-order chi connectivity index (χ1) is 14.7. The van der Waals surface area contributed by atoms with Crippen molar-refractivity contribution in [3.8, 4) is 0 Å². The largest absolute Gasteiger partial charge is 0.367 e. The van der Waals surface area contributed by atoms with Crippen LogP contribution >= 0.6 is 0 Å². The molecule has 2 aliphatic rings. The molecule has 162 valence electrons. The Labute approximate surface area is 183 Å². The van der Waals surface area contributed by atoms with Crippen molar-refractivity contribution in [2.24, 2.45) is 5.92 Å². The molecule has 2 aromatic rings. The van der Waals surface area contributed by atoms with Gasteiger partial charge in [-0.05, 0) is 49.8 Å². The zero-order valence-corrected chi connectivity index (χ0v) is 18.8. The first-order valence-corrected chi connectivity index (χ1v) is 12.0. The third-order valence-electron chi connectivity index (χ3n) is 6.27. The van der Waals surface area contributed by atoms with Crippen LogP contribution in [0.5, 0.6) is 0 Å². The van der Waals surface area contributed by atoms with Gasteiger partial charge in [0.1, 0.15) is 5.70 Å². The molecule has 7 heteroatoms. The number of ketones is 2. The van der Waals surface area contributed by atoms with E-state index >= 15 is 0 Å². The average Bonchev–Trinajstić information content (AvgIpc) is 2.74. The molecule has 4 rings (SSSR count). The minimum absolute atomic E-state index is 0.00611. The van der Waals surface area contributed by atoms with Crippen LogP contribution in [0.25, 0.3) is 0 Å². The number of fused-ring (bicyclic) bond motifs is 1. The molecule has 0 bridgehead atoms. The second kappa shape index (κ2) is 7.96. The maximum absolute atomic E-state index is 13.5. The molecule has 1 N–H and O–H groups in total. The number of aryl methyl sites for hydroxylation is 1. The van der Waals surface area contributed by atoms with Gasteiger partial charge in [0.2, 0.25) is 11.6 Å². The lowest BCUT2D eigenvalue weighted by Gasteiger charge is -2.35. The summed E-state index contributed by atoms with van der Waals surface area (Å²) in [7, 11) is -4.29. The molecule has 1 saturated heterocycles. The number of likely N-dealkylation sites (tertiary alicyclic amines) is 1. The van der Waals surface area contributed by atoms with Gasteiger partial charge in [-0.2, -0.15) is 0 Å². The van der Waals surface area contributed by atoms with Gasteiger partial charge < -0.3 is 4.90 Å². The lowest BCUT2D eigenvalue weighted by molar-refractivity contribution is 0.0933. The first-order valence-electron chi connectivity index (χ1n) is 10.5. The lowest BCUT2D eigenvalue weighted by atomic mass is 9.90. The fourth-order valence-corrected chi connectivity index (χ4v) is 5.61. The highest BCUT2D eigenvalue weighted by atomic mass is 32.2. The van der Waals surface area contributed by atoms with E-state index in [0.717, 1.165) is 24.0 Å². The summed E-state index contributed by atoms with van der Waals surface area (Å²) in [5, 5.41) is 0. The molecular formula is C24H26N2O4S. The number of Topliss-reactive ketones (excluding diaryl/α,β-unsaturated/α-hetero) is 2. The number of benzene rings is 2. The number of sulfonamides is 1. The zero-order chi connectivity index (χ0) is 22.3. The van der Waals surface area contributed by atoms with E-state index in [4.69, 9.17) is 0 Å². The maximum atomic E-state index is 13.5. The van der Waals surface area contributed by atoms with Gasteiger partial charge >= 0.3 is 0 Å². The summed E-state index contributed by atoms with van der Waals surface area (Å²) in [4.78, 5) is 28.2. The molecule has 0 saturated carbocycles. The summed E-state index contributed by atoms with van der Waals surface area (Å²) >= 11 is 0. The van der Waals surface area contributed by atoms with Crippen molar-refractivity contribution in [3.63, 3.8) is 0 Å². The minimum Gasteiger partial charge on any atom is -0.367 e. The van der Waals surface area contributed by atoms with E-state index in [9.17, 15) is 18.0 Å². The van der Waals surface area contributed by atoms with Crippen molar-refractivity contribution in [1.82, 2.24) is 4.90 Å². The number of nitrogens with one attached hydrogen (secondary N) is 1. The normalized spacial score (nSPS) is 17.7. The van der Waals surface area contributed by atoms with Crippen molar-refractivity contribution >= 4 is 27.3 Å². The van der Waals surface area contributed by atoms with Gasteiger partial charge in [-0.15, -0.1) is 0 Å². The van der Waals surface area contributed by atoms with Gasteiger partial charge in [0.15, 0.2) is 4.91 Å². The highest BCUT2D eigenvalue weighted by molar-refractivity contribution is 7.97. The molecule has 1 heterocycles. The second-order valence-corrected chi connectivity index (χ2v) is 10.0. The van der Waals surface area contributed by atoms with Crippen LogP contribution < -0.4 is 4.72 Å². The van der Waals surface area contributed by atoms with Crippen LogP contribution in [0.1, 0.15) is 51.6 Å². The lowest BCUT2D eigenvalue weighted by Crippen LogP contribution is -2.41. The predicted octanol–water partition coefficient (Wildman–Crippen LogP) is 4.07. The summed E-state index contributed by atoms with van der Waals surface area (Å²) in [5.41, 5.74) is 2.48. The smallest absolute Gasteiger partial charge is 0.268 e. The van der Waals surface area contributed by atoms with E-state index in [1.165, 1.54) is 6.07 Å². The van der Waals surface area contributed by atoms with Crippen molar-refractivity contribution in [3.05, 3.63) is 75.3 Å². The van der Waals surface area contributed by atoms with Crippen LogP contribution in [0.15, 0.2) is 53.1 Å². The summed E-state index contributed by atoms with van der Waals surface area (Å²) < 4.78 is 29.6. The number of hydrogen-bond donors (Lipinski definition) is 1. The number of hydrogen-bond acceptors (Lipinski definition) is 5. The first kappa shape index (κ1) is 21.3. The van der Waals surface area contributed by atoms with Gasteiger partial charge in [0, 0.05) is 24.2 Å². The van der Waals surface area contributed by atoms with Crippen molar-refractivity contribution in [2.45, 2.75) is 33.6 Å². The van der Waals surface area contributed by atoms with E-state index in [1.54, 1.807) is 35.2 Å². The zero-order valence-electron chi connectivity index (χ0n) is 17.9. The summed E-state index contributed by atoms with van der Waals surface area (Å²) in [6, 6.07) is 11.7. The van der Waals surface area contributed by atoms with Crippen molar-refractivity contribution in [1.29, 1.82) is 0 Å². The van der Waals surface area contributed by atoms with E-state index in [0.29, 0.717) is 24.7 Å². The van der Waals surface area contributed by atoms with Gasteiger partial charge in [0.05, 0.1) is 5.69 Å². The van der Waals surface area contributed by atoms with Crippen molar-refractivity contribution < 1.29 is 18.0 Å². The Morgan fingerprint density at radius 1 is 0.903 bits per heavy atom. The van der Waals surface area contributed by atoms with Crippen LogP contribution in [0.4, 0.5) is 5.69 Å². The fraction of sp³-hybridized carbons (Fsp3) is 0.333. The molecule has 6 nitrogen and oxygen atoms in total. The van der Waals surface area contributed by atoms with Crippen LogP contribution in [-0.4, -0.2) is 38.0 Å². The third-order valence-corrected chi connectivity index (χ3v) is 7.68. The summed E-state index contributed by atoms with van der Waals surface area (Å²) in [6.45, 7) is 6.92. The molecule has 31 heavy (non-hydrogen) atoms. The quantitative estimate of drug-likeness (QED) is 0.778. The number of carbonyl (C=O) groups excluding carboxylic acids is 2. The van der Waals surface area contributed by atoms with E-state index in [-0.39, 0.29) is 16.8 Å². The Morgan fingerprint density at radius 2 is 1.52 bits per heavy atom. The van der Waals surface area contributed by atoms with Crippen LogP contribution in [0.3, 0.4) is 0 Å².